The fraction of sp³-hybridized carbons (Fsp3) is 0.440. The zero-order valence-corrected chi connectivity index (χ0v) is 18.2. The molecule has 5 nitrogen and oxygen atoms in total. The van der Waals surface area contributed by atoms with Crippen molar-refractivity contribution in [3.05, 3.63) is 66.2 Å². The van der Waals surface area contributed by atoms with Crippen molar-refractivity contribution >= 4 is 11.8 Å². The zero-order chi connectivity index (χ0) is 21.6. The van der Waals surface area contributed by atoms with Crippen molar-refractivity contribution in [2.75, 3.05) is 19.7 Å². The second kappa shape index (κ2) is 13.4. The Labute approximate surface area is 180 Å². The van der Waals surface area contributed by atoms with Gasteiger partial charge in [-0.25, -0.2) is 0 Å². The number of hydrogen-bond donors (Lipinski definition) is 1. The number of nitrogens with zero attached hydrogens (tertiary/aromatic N) is 1. The van der Waals surface area contributed by atoms with Gasteiger partial charge in [0.1, 0.15) is 11.8 Å². The van der Waals surface area contributed by atoms with Gasteiger partial charge in [0.05, 0.1) is 6.61 Å². The Kier molecular flexibility index (Phi) is 10.5. The highest BCUT2D eigenvalue weighted by atomic mass is 16.5. The summed E-state index contributed by atoms with van der Waals surface area (Å²) >= 11 is 0. The Morgan fingerprint density at radius 1 is 1.00 bits per heavy atom. The third-order valence-electron chi connectivity index (χ3n) is 4.97. The largest absolute Gasteiger partial charge is 0.494 e. The summed E-state index contributed by atoms with van der Waals surface area (Å²) in [6, 6.07) is 19.2. The molecule has 0 saturated carbocycles. The molecule has 0 aliphatic carbocycles. The molecule has 0 spiro atoms. The highest BCUT2D eigenvalue weighted by Gasteiger charge is 2.27. The van der Waals surface area contributed by atoms with Gasteiger partial charge in [-0.3, -0.25) is 9.59 Å². The molecule has 1 atom stereocenters. The van der Waals surface area contributed by atoms with Crippen LogP contribution in [0, 0.1) is 0 Å². The molecule has 0 fully saturated rings. The number of rotatable bonds is 13. The van der Waals surface area contributed by atoms with Gasteiger partial charge in [0.2, 0.25) is 11.8 Å². The normalized spacial score (nSPS) is 11.5. The Morgan fingerprint density at radius 2 is 1.67 bits per heavy atom. The van der Waals surface area contributed by atoms with E-state index >= 15 is 0 Å². The number of amides is 2. The summed E-state index contributed by atoms with van der Waals surface area (Å²) < 4.78 is 5.70. The first-order chi connectivity index (χ1) is 14.7. The van der Waals surface area contributed by atoms with Crippen LogP contribution >= 0.6 is 0 Å². The molecule has 5 heteroatoms. The molecule has 0 aromatic heterocycles. The quantitative estimate of drug-likeness (QED) is 0.503. The van der Waals surface area contributed by atoms with Crippen molar-refractivity contribution in [3.8, 4) is 5.75 Å². The second-order valence-corrected chi connectivity index (χ2v) is 7.30. The van der Waals surface area contributed by atoms with Gasteiger partial charge in [-0.15, -0.1) is 0 Å². The van der Waals surface area contributed by atoms with E-state index in [2.05, 4.69) is 17.4 Å². The molecule has 0 radical (unpaired) electrons. The molecule has 0 bridgehead atoms. The summed E-state index contributed by atoms with van der Waals surface area (Å²) in [7, 11) is 0. The Hall–Kier alpha value is -2.82. The fourth-order valence-electron chi connectivity index (χ4n) is 3.34. The SMILES string of the molecule is CCCNC(=O)[C@@H](CC)N(CCc1ccccc1)C(=O)CCCOc1ccccc1. The van der Waals surface area contributed by atoms with Gasteiger partial charge in [0, 0.05) is 19.5 Å². The third-order valence-corrected chi connectivity index (χ3v) is 4.97. The maximum atomic E-state index is 13.0. The highest BCUT2D eigenvalue weighted by molar-refractivity contribution is 5.87. The minimum Gasteiger partial charge on any atom is -0.494 e. The van der Waals surface area contributed by atoms with E-state index in [1.165, 1.54) is 0 Å². The lowest BCUT2D eigenvalue weighted by Crippen LogP contribution is -2.50. The molecule has 2 aromatic rings. The predicted octanol–water partition coefficient (Wildman–Crippen LogP) is 4.22. The first kappa shape index (κ1) is 23.5. The van der Waals surface area contributed by atoms with Crippen molar-refractivity contribution in [2.24, 2.45) is 0 Å². The van der Waals surface area contributed by atoms with Gasteiger partial charge in [0.25, 0.3) is 0 Å². The van der Waals surface area contributed by atoms with Crippen LogP contribution in [-0.4, -0.2) is 42.5 Å². The summed E-state index contributed by atoms with van der Waals surface area (Å²) in [5.41, 5.74) is 1.16. The molecule has 0 aliphatic heterocycles. The molecule has 2 aromatic carbocycles. The number of carbonyl (C=O) groups excluding carboxylic acids is 2. The Bertz CT molecular complexity index is 750. The molecular formula is C25H34N2O3. The van der Waals surface area contributed by atoms with Crippen molar-refractivity contribution in [2.45, 2.75) is 52.0 Å². The lowest BCUT2D eigenvalue weighted by Gasteiger charge is -2.30. The van der Waals surface area contributed by atoms with Gasteiger partial charge in [-0.05, 0) is 43.4 Å². The molecule has 2 amide bonds. The molecule has 162 valence electrons. The van der Waals surface area contributed by atoms with Crippen LogP contribution in [0.4, 0.5) is 0 Å². The minimum absolute atomic E-state index is 0.00101. The van der Waals surface area contributed by atoms with E-state index in [-0.39, 0.29) is 11.8 Å². The topological polar surface area (TPSA) is 58.6 Å². The monoisotopic (exact) mass is 410 g/mol. The summed E-state index contributed by atoms with van der Waals surface area (Å²) in [5, 5.41) is 2.95. The number of ether oxygens (including phenoxy) is 1. The molecule has 0 saturated heterocycles. The smallest absolute Gasteiger partial charge is 0.242 e. The van der Waals surface area contributed by atoms with Crippen LogP contribution in [0.5, 0.6) is 5.75 Å². The molecule has 0 aliphatic rings. The maximum absolute atomic E-state index is 13.0. The van der Waals surface area contributed by atoms with Gasteiger partial charge >= 0.3 is 0 Å². The average Bonchev–Trinajstić information content (AvgIpc) is 2.79. The predicted molar refractivity (Wildman–Crippen MR) is 120 cm³/mol. The minimum atomic E-state index is -0.442. The fourth-order valence-corrected chi connectivity index (χ4v) is 3.34. The van der Waals surface area contributed by atoms with Crippen LogP contribution in [0.25, 0.3) is 0 Å². The van der Waals surface area contributed by atoms with Crippen LogP contribution in [-0.2, 0) is 16.0 Å². The number of benzene rings is 2. The van der Waals surface area contributed by atoms with Crippen LogP contribution < -0.4 is 10.1 Å². The van der Waals surface area contributed by atoms with Crippen LogP contribution in [0.15, 0.2) is 60.7 Å². The van der Waals surface area contributed by atoms with Crippen molar-refractivity contribution in [3.63, 3.8) is 0 Å². The third kappa shape index (κ3) is 7.90. The summed E-state index contributed by atoms with van der Waals surface area (Å²) in [5.74, 6) is 0.735. The van der Waals surface area contributed by atoms with Crippen molar-refractivity contribution in [1.82, 2.24) is 10.2 Å². The van der Waals surface area contributed by atoms with Crippen molar-refractivity contribution < 1.29 is 14.3 Å². The zero-order valence-electron chi connectivity index (χ0n) is 18.2. The highest BCUT2D eigenvalue weighted by Crippen LogP contribution is 2.13. The van der Waals surface area contributed by atoms with Gasteiger partial charge in [-0.2, -0.15) is 0 Å². The van der Waals surface area contributed by atoms with Crippen LogP contribution in [0.2, 0.25) is 0 Å². The molecular weight excluding hydrogens is 376 g/mol. The number of hydrogen-bond acceptors (Lipinski definition) is 3. The lowest BCUT2D eigenvalue weighted by molar-refractivity contribution is -0.140. The molecule has 0 unspecified atom stereocenters. The van der Waals surface area contributed by atoms with E-state index in [9.17, 15) is 9.59 Å². The van der Waals surface area contributed by atoms with Gasteiger partial charge < -0.3 is 15.0 Å². The number of carbonyl (C=O) groups is 2. The van der Waals surface area contributed by atoms with E-state index in [1.54, 1.807) is 4.90 Å². The van der Waals surface area contributed by atoms with Crippen LogP contribution in [0.3, 0.4) is 0 Å². The van der Waals surface area contributed by atoms with Crippen molar-refractivity contribution in [1.29, 1.82) is 0 Å². The van der Waals surface area contributed by atoms with Gasteiger partial charge in [0.15, 0.2) is 0 Å². The first-order valence-corrected chi connectivity index (χ1v) is 10.9. The van der Waals surface area contributed by atoms with E-state index in [1.807, 2.05) is 62.4 Å². The van der Waals surface area contributed by atoms with E-state index in [0.29, 0.717) is 39.0 Å². The van der Waals surface area contributed by atoms with E-state index in [4.69, 9.17) is 4.74 Å². The Balaban J connectivity index is 1.96. The average molecular weight is 411 g/mol. The van der Waals surface area contributed by atoms with E-state index in [0.717, 1.165) is 24.2 Å². The molecule has 1 N–H and O–H groups in total. The van der Waals surface area contributed by atoms with Gasteiger partial charge in [-0.1, -0.05) is 62.4 Å². The second-order valence-electron chi connectivity index (χ2n) is 7.30. The number of para-hydroxylation sites is 1. The first-order valence-electron chi connectivity index (χ1n) is 10.9. The summed E-state index contributed by atoms with van der Waals surface area (Å²) in [6.45, 7) is 5.60. The molecule has 2 rings (SSSR count). The molecule has 0 heterocycles. The van der Waals surface area contributed by atoms with Crippen LogP contribution in [0.1, 0.15) is 45.1 Å². The summed E-state index contributed by atoms with van der Waals surface area (Å²) in [4.78, 5) is 27.5. The Morgan fingerprint density at radius 3 is 2.30 bits per heavy atom. The van der Waals surface area contributed by atoms with E-state index < -0.39 is 6.04 Å². The lowest BCUT2D eigenvalue weighted by atomic mass is 10.1. The molecule has 30 heavy (non-hydrogen) atoms. The maximum Gasteiger partial charge on any atom is 0.242 e. The number of nitrogens with one attached hydrogen (secondary N) is 1. The standard InChI is InChI=1S/C25H34N2O3/c1-3-18-26-25(29)23(4-2)27(19-17-21-12-7-5-8-13-21)24(28)16-11-20-30-22-14-9-6-10-15-22/h5-10,12-15,23H,3-4,11,16-20H2,1-2H3,(H,26,29)/t23-/m1/s1. The summed E-state index contributed by atoms with van der Waals surface area (Å²) in [6.07, 6.45) is 3.17.